The Morgan fingerprint density at radius 2 is 2.00 bits per heavy atom. The molecule has 4 rings (SSSR count). The van der Waals surface area contributed by atoms with E-state index in [1.54, 1.807) is 18.5 Å². The van der Waals surface area contributed by atoms with E-state index in [9.17, 15) is 4.79 Å². The number of aromatic nitrogens is 1. The first-order valence-electron chi connectivity index (χ1n) is 10.3. The molecule has 0 N–H and O–H groups in total. The van der Waals surface area contributed by atoms with Crippen LogP contribution in [0, 0.1) is 5.92 Å². The van der Waals surface area contributed by atoms with Gasteiger partial charge in [-0.3, -0.25) is 9.69 Å². The molecule has 1 aliphatic rings. The fourth-order valence-electron chi connectivity index (χ4n) is 4.18. The van der Waals surface area contributed by atoms with Gasteiger partial charge in [-0.15, -0.1) is 0 Å². The van der Waals surface area contributed by atoms with E-state index in [1.807, 2.05) is 23.1 Å². The van der Waals surface area contributed by atoms with Crippen molar-refractivity contribution in [3.63, 3.8) is 0 Å². The predicted molar refractivity (Wildman–Crippen MR) is 114 cm³/mol. The third kappa shape index (κ3) is 4.57. The number of furan rings is 1. The molecular formula is C24H27N3O2. The van der Waals surface area contributed by atoms with Crippen LogP contribution < -0.4 is 4.90 Å². The quantitative estimate of drug-likeness (QED) is 0.632. The second-order valence-electron chi connectivity index (χ2n) is 7.74. The molecule has 1 aromatic carbocycles. The average molecular weight is 389 g/mol. The minimum Gasteiger partial charge on any atom is -0.472 e. The van der Waals surface area contributed by atoms with Crippen LogP contribution in [0.2, 0.25) is 0 Å². The van der Waals surface area contributed by atoms with E-state index in [-0.39, 0.29) is 11.9 Å². The van der Waals surface area contributed by atoms with Crippen LogP contribution in [0.4, 0.5) is 5.82 Å². The summed E-state index contributed by atoms with van der Waals surface area (Å²) in [6, 6.07) is 18.2. The number of amides is 1. The molecule has 29 heavy (non-hydrogen) atoms. The molecule has 1 aliphatic heterocycles. The van der Waals surface area contributed by atoms with Crippen molar-refractivity contribution in [2.24, 2.45) is 5.92 Å². The lowest BCUT2D eigenvalue weighted by Crippen LogP contribution is -2.53. The Morgan fingerprint density at radius 3 is 2.69 bits per heavy atom. The van der Waals surface area contributed by atoms with Gasteiger partial charge in [-0.05, 0) is 42.5 Å². The lowest BCUT2D eigenvalue weighted by Gasteiger charge is -2.42. The van der Waals surface area contributed by atoms with E-state index in [2.05, 4.69) is 47.1 Å². The van der Waals surface area contributed by atoms with Gasteiger partial charge in [-0.2, -0.15) is 0 Å². The first-order valence-corrected chi connectivity index (χ1v) is 10.3. The van der Waals surface area contributed by atoms with Crippen LogP contribution in [0.1, 0.15) is 29.3 Å². The molecule has 0 aliphatic carbocycles. The summed E-state index contributed by atoms with van der Waals surface area (Å²) < 4.78 is 5.15. The minimum absolute atomic E-state index is 0.0490. The van der Waals surface area contributed by atoms with Gasteiger partial charge in [0.15, 0.2) is 0 Å². The van der Waals surface area contributed by atoms with Crippen molar-refractivity contribution in [2.75, 3.05) is 24.5 Å². The van der Waals surface area contributed by atoms with Crippen molar-refractivity contribution in [1.29, 1.82) is 0 Å². The van der Waals surface area contributed by atoms with Gasteiger partial charge < -0.3 is 9.32 Å². The van der Waals surface area contributed by atoms with Crippen LogP contribution in [0.3, 0.4) is 0 Å². The number of hydrogen-bond donors (Lipinski definition) is 0. The largest absolute Gasteiger partial charge is 0.472 e. The number of likely N-dealkylation sites (tertiary alicyclic amines) is 1. The molecule has 3 aromatic rings. The zero-order valence-electron chi connectivity index (χ0n) is 16.8. The highest BCUT2D eigenvalue weighted by Gasteiger charge is 2.35. The van der Waals surface area contributed by atoms with Crippen LogP contribution in [0.25, 0.3) is 0 Å². The highest BCUT2D eigenvalue weighted by molar-refractivity contribution is 6.05. The smallest absolute Gasteiger partial charge is 0.262 e. The molecule has 1 saturated heterocycles. The Labute approximate surface area is 172 Å². The Hall–Kier alpha value is -2.92. The van der Waals surface area contributed by atoms with Gasteiger partial charge in [-0.1, -0.05) is 43.3 Å². The number of rotatable bonds is 6. The summed E-state index contributed by atoms with van der Waals surface area (Å²) in [7, 11) is 0. The zero-order valence-corrected chi connectivity index (χ0v) is 16.8. The molecule has 1 amide bonds. The van der Waals surface area contributed by atoms with Crippen LogP contribution in [-0.2, 0) is 6.42 Å². The molecule has 2 unspecified atom stereocenters. The Kier molecular flexibility index (Phi) is 6.06. The number of piperidine rings is 1. The molecule has 2 aromatic heterocycles. The molecule has 5 nitrogen and oxygen atoms in total. The van der Waals surface area contributed by atoms with Gasteiger partial charge in [0.05, 0.1) is 11.8 Å². The Bertz CT molecular complexity index is 896. The summed E-state index contributed by atoms with van der Waals surface area (Å²) in [5, 5.41) is 0. The van der Waals surface area contributed by atoms with E-state index in [1.165, 1.54) is 11.8 Å². The fraction of sp³-hybridized carbons (Fsp3) is 0.333. The summed E-state index contributed by atoms with van der Waals surface area (Å²) in [6.07, 6.45) is 6.77. The summed E-state index contributed by atoms with van der Waals surface area (Å²) >= 11 is 0. The summed E-state index contributed by atoms with van der Waals surface area (Å²) in [5.74, 6) is 0.998. The summed E-state index contributed by atoms with van der Waals surface area (Å²) in [4.78, 5) is 22.1. The second-order valence-corrected chi connectivity index (χ2v) is 7.74. The van der Waals surface area contributed by atoms with Gasteiger partial charge in [-0.25, -0.2) is 4.98 Å². The first-order chi connectivity index (χ1) is 14.2. The minimum atomic E-state index is -0.0490. The van der Waals surface area contributed by atoms with E-state index in [4.69, 9.17) is 4.42 Å². The zero-order chi connectivity index (χ0) is 20.1. The molecule has 0 radical (unpaired) electrons. The van der Waals surface area contributed by atoms with E-state index in [0.717, 1.165) is 32.5 Å². The number of carbonyl (C=O) groups is 1. The van der Waals surface area contributed by atoms with Crippen LogP contribution in [0.5, 0.6) is 0 Å². The van der Waals surface area contributed by atoms with E-state index >= 15 is 0 Å². The maximum absolute atomic E-state index is 13.3. The fourth-order valence-corrected chi connectivity index (χ4v) is 4.18. The van der Waals surface area contributed by atoms with Crippen LogP contribution >= 0.6 is 0 Å². The Morgan fingerprint density at radius 1 is 1.17 bits per heavy atom. The number of hydrogen-bond acceptors (Lipinski definition) is 4. The van der Waals surface area contributed by atoms with Crippen molar-refractivity contribution in [2.45, 2.75) is 25.8 Å². The average Bonchev–Trinajstić information content (AvgIpc) is 3.30. The molecule has 1 fully saturated rings. The second kappa shape index (κ2) is 9.05. The molecule has 0 bridgehead atoms. The lowest BCUT2D eigenvalue weighted by atomic mass is 9.91. The molecule has 3 heterocycles. The predicted octanol–water partition coefficient (Wildman–Crippen LogP) is 4.27. The SMILES string of the molecule is CC1CN(CCc2ccccc2)CCC1N(C(=O)c1ccoc1)c1ccccn1. The van der Waals surface area contributed by atoms with Crippen LogP contribution in [-0.4, -0.2) is 41.5 Å². The normalized spacial score (nSPS) is 19.8. The third-order valence-electron chi connectivity index (χ3n) is 5.72. The van der Waals surface area contributed by atoms with Crippen molar-refractivity contribution in [3.8, 4) is 0 Å². The Balaban J connectivity index is 1.47. The topological polar surface area (TPSA) is 49.6 Å². The number of pyridine rings is 1. The maximum Gasteiger partial charge on any atom is 0.262 e. The van der Waals surface area contributed by atoms with Gasteiger partial charge in [0.25, 0.3) is 5.91 Å². The van der Waals surface area contributed by atoms with Gasteiger partial charge in [0.1, 0.15) is 12.1 Å². The maximum atomic E-state index is 13.3. The molecule has 0 spiro atoms. The van der Waals surface area contributed by atoms with Gasteiger partial charge in [0.2, 0.25) is 0 Å². The highest BCUT2D eigenvalue weighted by Crippen LogP contribution is 2.28. The van der Waals surface area contributed by atoms with Crippen LogP contribution in [0.15, 0.2) is 77.7 Å². The number of benzene rings is 1. The molecule has 150 valence electrons. The molecule has 2 atom stereocenters. The number of anilines is 1. The number of nitrogens with zero attached hydrogens (tertiary/aromatic N) is 3. The third-order valence-corrected chi connectivity index (χ3v) is 5.72. The van der Waals surface area contributed by atoms with Crippen molar-refractivity contribution in [3.05, 3.63) is 84.4 Å². The summed E-state index contributed by atoms with van der Waals surface area (Å²) in [5.41, 5.74) is 1.93. The van der Waals surface area contributed by atoms with Gasteiger partial charge >= 0.3 is 0 Å². The molecular weight excluding hydrogens is 362 g/mol. The first kappa shape index (κ1) is 19.4. The lowest BCUT2D eigenvalue weighted by molar-refractivity contribution is 0.0931. The standard InChI is InChI=1S/C24H27N3O2/c1-19-17-26(14-10-20-7-3-2-4-8-20)15-11-22(19)27(23-9-5-6-13-25-23)24(28)21-12-16-29-18-21/h2-9,12-13,16,18-19,22H,10-11,14-15,17H2,1H3. The van der Waals surface area contributed by atoms with Crippen molar-refractivity contribution >= 4 is 11.7 Å². The number of carbonyl (C=O) groups excluding carboxylic acids is 1. The molecule has 0 saturated carbocycles. The van der Waals surface area contributed by atoms with E-state index in [0.29, 0.717) is 17.3 Å². The van der Waals surface area contributed by atoms with E-state index < -0.39 is 0 Å². The summed E-state index contributed by atoms with van der Waals surface area (Å²) in [6.45, 7) is 5.22. The molecule has 5 heteroatoms. The highest BCUT2D eigenvalue weighted by atomic mass is 16.3. The monoisotopic (exact) mass is 389 g/mol. The van der Waals surface area contributed by atoms with Crippen molar-refractivity contribution in [1.82, 2.24) is 9.88 Å². The van der Waals surface area contributed by atoms with Crippen molar-refractivity contribution < 1.29 is 9.21 Å². The van der Waals surface area contributed by atoms with Gasteiger partial charge in [0, 0.05) is 31.9 Å².